The first-order valence-electron chi connectivity index (χ1n) is 8.41. The van der Waals surface area contributed by atoms with Crippen LogP contribution < -0.4 is 4.72 Å². The molecule has 0 aromatic carbocycles. The van der Waals surface area contributed by atoms with E-state index in [1.807, 2.05) is 0 Å². The SMILES string of the molecule is CC1(C)C2CCC1(CS(=O)(=O)NC1CCCCC1)C(Cl)C2. The summed E-state index contributed by atoms with van der Waals surface area (Å²) in [4.78, 5) is 0. The van der Waals surface area contributed by atoms with E-state index < -0.39 is 10.0 Å². The lowest BCUT2D eigenvalue weighted by molar-refractivity contribution is 0.157. The molecular formula is C16H28ClNO2S. The van der Waals surface area contributed by atoms with Crippen molar-refractivity contribution in [1.29, 1.82) is 0 Å². The van der Waals surface area contributed by atoms with E-state index in [1.54, 1.807) is 0 Å². The Kier molecular flexibility index (Phi) is 4.12. The van der Waals surface area contributed by atoms with Crippen molar-refractivity contribution in [3.05, 3.63) is 0 Å². The number of nitrogens with one attached hydrogen (secondary N) is 1. The number of rotatable bonds is 4. The molecule has 5 heteroatoms. The Morgan fingerprint density at radius 3 is 2.33 bits per heavy atom. The topological polar surface area (TPSA) is 46.2 Å². The van der Waals surface area contributed by atoms with Crippen molar-refractivity contribution in [1.82, 2.24) is 4.72 Å². The summed E-state index contributed by atoms with van der Waals surface area (Å²) in [6, 6.07) is 0.149. The molecule has 0 radical (unpaired) electrons. The molecule has 3 saturated carbocycles. The second kappa shape index (κ2) is 5.38. The van der Waals surface area contributed by atoms with Crippen LogP contribution in [-0.4, -0.2) is 25.6 Å². The first-order chi connectivity index (χ1) is 9.77. The van der Waals surface area contributed by atoms with Crippen molar-refractivity contribution in [3.63, 3.8) is 0 Å². The summed E-state index contributed by atoms with van der Waals surface area (Å²) in [7, 11) is -3.25. The Balaban J connectivity index is 1.75. The van der Waals surface area contributed by atoms with Gasteiger partial charge in [-0.15, -0.1) is 11.6 Å². The van der Waals surface area contributed by atoms with Gasteiger partial charge in [0.15, 0.2) is 0 Å². The molecule has 3 rings (SSSR count). The highest BCUT2D eigenvalue weighted by Gasteiger charge is 2.64. The van der Waals surface area contributed by atoms with E-state index in [4.69, 9.17) is 11.6 Å². The first kappa shape index (κ1) is 16.1. The molecule has 3 atom stereocenters. The van der Waals surface area contributed by atoms with Crippen molar-refractivity contribution < 1.29 is 8.42 Å². The Bertz CT molecular complexity index is 498. The zero-order valence-corrected chi connectivity index (χ0v) is 14.8. The number of halogens is 1. The molecule has 1 N–H and O–H groups in total. The zero-order chi connectivity index (χ0) is 15.3. The van der Waals surface area contributed by atoms with Crippen LogP contribution >= 0.6 is 11.6 Å². The summed E-state index contributed by atoms with van der Waals surface area (Å²) in [6.07, 6.45) is 8.58. The molecule has 0 aromatic heterocycles. The molecule has 3 nitrogen and oxygen atoms in total. The molecule has 3 aliphatic rings. The lowest BCUT2D eigenvalue weighted by Crippen LogP contribution is -2.47. The largest absolute Gasteiger partial charge is 0.212 e. The van der Waals surface area contributed by atoms with E-state index in [-0.39, 0.29) is 28.0 Å². The fourth-order valence-electron chi connectivity index (χ4n) is 5.17. The highest BCUT2D eigenvalue weighted by Crippen LogP contribution is 2.67. The lowest BCUT2D eigenvalue weighted by atomic mass is 9.70. The first-order valence-corrected chi connectivity index (χ1v) is 10.5. The fraction of sp³-hybridized carbons (Fsp3) is 1.00. The Morgan fingerprint density at radius 2 is 1.81 bits per heavy atom. The van der Waals surface area contributed by atoms with E-state index >= 15 is 0 Å². The van der Waals surface area contributed by atoms with E-state index in [1.165, 1.54) is 6.42 Å². The van der Waals surface area contributed by atoms with Crippen LogP contribution in [0.1, 0.15) is 65.2 Å². The van der Waals surface area contributed by atoms with Gasteiger partial charge in [0.2, 0.25) is 10.0 Å². The van der Waals surface area contributed by atoms with Gasteiger partial charge < -0.3 is 0 Å². The summed E-state index contributed by atoms with van der Waals surface area (Å²) in [5.41, 5.74) is -0.194. The van der Waals surface area contributed by atoms with Gasteiger partial charge in [0.1, 0.15) is 0 Å². The van der Waals surface area contributed by atoms with Crippen LogP contribution in [0.5, 0.6) is 0 Å². The van der Waals surface area contributed by atoms with Gasteiger partial charge in [-0.2, -0.15) is 0 Å². The van der Waals surface area contributed by atoms with Gasteiger partial charge in [-0.3, -0.25) is 0 Å². The molecule has 3 aliphatic carbocycles. The molecule has 3 unspecified atom stereocenters. The normalized spacial score (nSPS) is 39.8. The third kappa shape index (κ3) is 2.66. The molecule has 0 spiro atoms. The molecule has 0 heterocycles. The van der Waals surface area contributed by atoms with Crippen LogP contribution in [0.3, 0.4) is 0 Å². The van der Waals surface area contributed by atoms with Gasteiger partial charge in [-0.05, 0) is 43.4 Å². The maximum Gasteiger partial charge on any atom is 0.212 e. The van der Waals surface area contributed by atoms with Crippen LogP contribution in [0.2, 0.25) is 0 Å². The average Bonchev–Trinajstić information content (AvgIpc) is 2.72. The highest BCUT2D eigenvalue weighted by molar-refractivity contribution is 7.89. The maximum atomic E-state index is 12.7. The van der Waals surface area contributed by atoms with Gasteiger partial charge in [0.25, 0.3) is 0 Å². The van der Waals surface area contributed by atoms with Crippen LogP contribution in [0.4, 0.5) is 0 Å². The standard InChI is InChI=1S/C16H28ClNO2S/c1-15(2)12-8-9-16(15,14(17)10-12)11-21(19,20)18-13-6-4-3-5-7-13/h12-14,18H,3-11H2,1-2H3. The predicted octanol–water partition coefficient (Wildman–Crippen LogP) is 3.67. The van der Waals surface area contributed by atoms with E-state index in [0.29, 0.717) is 5.92 Å². The Morgan fingerprint density at radius 1 is 1.14 bits per heavy atom. The quantitative estimate of drug-likeness (QED) is 0.798. The lowest BCUT2D eigenvalue weighted by Gasteiger charge is -2.40. The molecule has 0 aromatic rings. The van der Waals surface area contributed by atoms with Crippen LogP contribution in [0.15, 0.2) is 0 Å². The molecule has 21 heavy (non-hydrogen) atoms. The molecule has 0 aliphatic heterocycles. The van der Waals surface area contributed by atoms with Crippen molar-refractivity contribution in [2.45, 2.75) is 76.6 Å². The van der Waals surface area contributed by atoms with Crippen LogP contribution in [0, 0.1) is 16.7 Å². The second-order valence-corrected chi connectivity index (χ2v) is 10.3. The van der Waals surface area contributed by atoms with Gasteiger partial charge in [-0.25, -0.2) is 13.1 Å². The number of alkyl halides is 1. The van der Waals surface area contributed by atoms with Crippen LogP contribution in [0.25, 0.3) is 0 Å². The molecular weight excluding hydrogens is 306 g/mol. The second-order valence-electron chi connectivity index (χ2n) is 8.03. The number of sulfonamides is 1. The monoisotopic (exact) mass is 333 g/mol. The van der Waals surface area contributed by atoms with Crippen LogP contribution in [-0.2, 0) is 10.0 Å². The van der Waals surface area contributed by atoms with E-state index in [0.717, 1.165) is 44.9 Å². The smallest absolute Gasteiger partial charge is 0.212 e. The van der Waals surface area contributed by atoms with E-state index in [9.17, 15) is 8.42 Å². The van der Waals surface area contributed by atoms with E-state index in [2.05, 4.69) is 18.6 Å². The predicted molar refractivity (Wildman–Crippen MR) is 87.0 cm³/mol. The van der Waals surface area contributed by atoms with Gasteiger partial charge >= 0.3 is 0 Å². The van der Waals surface area contributed by atoms with Gasteiger partial charge in [0, 0.05) is 16.8 Å². The van der Waals surface area contributed by atoms with Crippen molar-refractivity contribution >= 4 is 21.6 Å². The molecule has 3 fully saturated rings. The van der Waals surface area contributed by atoms with Gasteiger partial charge in [0.05, 0.1) is 5.75 Å². The number of hydrogen-bond acceptors (Lipinski definition) is 2. The third-order valence-corrected chi connectivity index (χ3v) is 8.92. The summed E-state index contributed by atoms with van der Waals surface area (Å²) >= 11 is 6.61. The average molecular weight is 334 g/mol. The highest BCUT2D eigenvalue weighted by atomic mass is 35.5. The maximum absolute atomic E-state index is 12.7. The minimum absolute atomic E-state index is 0.00850. The summed E-state index contributed by atoms with van der Waals surface area (Å²) in [5, 5.41) is 0.00850. The molecule has 0 saturated heterocycles. The molecule has 0 amide bonds. The summed E-state index contributed by atoms with van der Waals surface area (Å²) in [5.74, 6) is 0.804. The number of hydrogen-bond donors (Lipinski definition) is 1. The summed E-state index contributed by atoms with van der Waals surface area (Å²) < 4.78 is 28.4. The zero-order valence-electron chi connectivity index (χ0n) is 13.2. The Labute approximate surface area is 134 Å². The fourth-order valence-corrected chi connectivity index (χ4v) is 8.17. The molecule has 122 valence electrons. The number of fused-ring (bicyclic) bond motifs is 2. The Hall–Kier alpha value is 0.200. The van der Waals surface area contributed by atoms with Crippen molar-refractivity contribution in [2.24, 2.45) is 16.7 Å². The minimum Gasteiger partial charge on any atom is -0.212 e. The summed E-state index contributed by atoms with van der Waals surface area (Å²) in [6.45, 7) is 4.45. The third-order valence-electron chi connectivity index (χ3n) is 6.73. The van der Waals surface area contributed by atoms with Crippen molar-refractivity contribution in [3.8, 4) is 0 Å². The van der Waals surface area contributed by atoms with Crippen molar-refractivity contribution in [2.75, 3.05) is 5.75 Å². The minimum atomic E-state index is -3.25. The van der Waals surface area contributed by atoms with Gasteiger partial charge in [-0.1, -0.05) is 33.1 Å². The molecule has 2 bridgehead atoms.